The number of aliphatic carboxylic acids is 1. The van der Waals surface area contributed by atoms with Gasteiger partial charge in [-0.1, -0.05) is 12.8 Å². The highest BCUT2D eigenvalue weighted by atomic mass is 32.1. The van der Waals surface area contributed by atoms with E-state index in [4.69, 9.17) is 0 Å². The Kier molecular flexibility index (Phi) is 3.69. The molecule has 6 heteroatoms. The molecule has 23 heavy (non-hydrogen) atoms. The van der Waals surface area contributed by atoms with Gasteiger partial charge in [0.15, 0.2) is 0 Å². The van der Waals surface area contributed by atoms with Gasteiger partial charge < -0.3 is 10.4 Å². The van der Waals surface area contributed by atoms with Gasteiger partial charge in [-0.2, -0.15) is 0 Å². The molecule has 4 rings (SSSR count). The number of carboxylic acids is 1. The first-order valence-electron chi connectivity index (χ1n) is 8.40. The van der Waals surface area contributed by atoms with Crippen molar-refractivity contribution < 1.29 is 14.7 Å². The van der Waals surface area contributed by atoms with Crippen LogP contribution in [-0.2, 0) is 16.1 Å². The number of carbonyl (C=O) groups is 2. The minimum atomic E-state index is -0.928. The second-order valence-corrected chi connectivity index (χ2v) is 8.39. The summed E-state index contributed by atoms with van der Waals surface area (Å²) >= 11 is 1.86. The van der Waals surface area contributed by atoms with Crippen LogP contribution in [0.2, 0.25) is 0 Å². The molecule has 2 aliphatic heterocycles. The third-order valence-corrected chi connectivity index (χ3v) is 6.99. The highest BCUT2D eigenvalue weighted by Gasteiger charge is 2.59. The summed E-state index contributed by atoms with van der Waals surface area (Å²) in [6.07, 6.45) is 5.27. The van der Waals surface area contributed by atoms with Crippen LogP contribution < -0.4 is 5.32 Å². The fourth-order valence-corrected chi connectivity index (χ4v) is 5.65. The molecule has 0 bridgehead atoms. The van der Waals surface area contributed by atoms with Gasteiger partial charge in [-0.3, -0.25) is 14.5 Å². The van der Waals surface area contributed by atoms with E-state index in [1.54, 1.807) is 0 Å². The topological polar surface area (TPSA) is 69.6 Å². The van der Waals surface area contributed by atoms with Crippen LogP contribution in [0, 0.1) is 11.3 Å². The minimum absolute atomic E-state index is 0.104. The number of carbonyl (C=O) groups excluding carboxylic acids is 1. The number of hydrogen-bond donors (Lipinski definition) is 2. The van der Waals surface area contributed by atoms with Crippen LogP contribution in [-0.4, -0.2) is 41.5 Å². The predicted octanol–water partition coefficient (Wildman–Crippen LogP) is 2.04. The predicted molar refractivity (Wildman–Crippen MR) is 87.4 cm³/mol. The molecule has 2 atom stereocenters. The SMILES string of the molecule is O=C1NC[C@@]2(C(=O)O)CN(Cc3ccc(C4CCCC4)s3)C[C@@H]12. The number of likely N-dealkylation sites (tertiary alicyclic amines) is 1. The number of thiophene rings is 1. The van der Waals surface area contributed by atoms with E-state index in [9.17, 15) is 14.7 Å². The molecule has 3 heterocycles. The first kappa shape index (κ1) is 15.1. The second kappa shape index (κ2) is 5.60. The zero-order valence-corrected chi connectivity index (χ0v) is 13.9. The number of nitrogens with zero attached hydrogens (tertiary/aromatic N) is 1. The van der Waals surface area contributed by atoms with Crippen molar-refractivity contribution in [3.05, 3.63) is 21.9 Å². The summed E-state index contributed by atoms with van der Waals surface area (Å²) in [6.45, 7) is 2.04. The molecule has 0 radical (unpaired) electrons. The largest absolute Gasteiger partial charge is 0.481 e. The smallest absolute Gasteiger partial charge is 0.313 e. The molecule has 3 aliphatic rings. The van der Waals surface area contributed by atoms with Crippen LogP contribution in [0.3, 0.4) is 0 Å². The number of hydrogen-bond acceptors (Lipinski definition) is 4. The van der Waals surface area contributed by atoms with Crippen molar-refractivity contribution in [2.24, 2.45) is 11.3 Å². The van der Waals surface area contributed by atoms with E-state index in [-0.39, 0.29) is 12.5 Å². The summed E-state index contributed by atoms with van der Waals surface area (Å²) in [5, 5.41) is 12.3. The zero-order valence-electron chi connectivity index (χ0n) is 13.1. The van der Waals surface area contributed by atoms with Gasteiger partial charge in [0.25, 0.3) is 0 Å². The molecule has 2 saturated heterocycles. The van der Waals surface area contributed by atoms with Crippen molar-refractivity contribution in [1.82, 2.24) is 10.2 Å². The number of amides is 1. The molecular weight excluding hydrogens is 312 g/mol. The van der Waals surface area contributed by atoms with Crippen molar-refractivity contribution in [3.8, 4) is 0 Å². The van der Waals surface area contributed by atoms with Gasteiger partial charge in [-0.25, -0.2) is 0 Å². The van der Waals surface area contributed by atoms with Crippen LogP contribution in [0.4, 0.5) is 0 Å². The molecule has 0 spiro atoms. The Morgan fingerprint density at radius 2 is 2.17 bits per heavy atom. The highest BCUT2D eigenvalue weighted by Crippen LogP contribution is 2.42. The fourth-order valence-electron chi connectivity index (χ4n) is 4.43. The number of carboxylic acid groups (broad SMARTS) is 1. The Morgan fingerprint density at radius 3 is 2.87 bits per heavy atom. The molecule has 0 unspecified atom stereocenters. The van der Waals surface area contributed by atoms with E-state index in [1.165, 1.54) is 35.4 Å². The standard InChI is InChI=1S/C17H22N2O3S/c20-15-13-8-19(10-17(13,9-18-15)16(21)22)7-12-5-6-14(23-12)11-3-1-2-4-11/h5-6,11,13H,1-4,7-10H2,(H,18,20)(H,21,22)/t13-,17+/m0/s1. The summed E-state index contributed by atoms with van der Waals surface area (Å²) in [4.78, 5) is 28.6. The third kappa shape index (κ3) is 2.48. The average molecular weight is 334 g/mol. The minimum Gasteiger partial charge on any atom is -0.481 e. The molecule has 1 saturated carbocycles. The van der Waals surface area contributed by atoms with E-state index in [0.29, 0.717) is 13.1 Å². The maximum Gasteiger partial charge on any atom is 0.313 e. The van der Waals surface area contributed by atoms with Crippen LogP contribution in [0.1, 0.15) is 41.4 Å². The Balaban J connectivity index is 1.46. The molecule has 1 aromatic rings. The van der Waals surface area contributed by atoms with Gasteiger partial charge >= 0.3 is 5.97 Å². The molecule has 1 aliphatic carbocycles. The molecular formula is C17H22N2O3S. The van der Waals surface area contributed by atoms with E-state index in [0.717, 1.165) is 12.5 Å². The maximum absolute atomic E-state index is 11.9. The Bertz CT molecular complexity index is 638. The van der Waals surface area contributed by atoms with Gasteiger partial charge in [-0.05, 0) is 30.9 Å². The molecule has 5 nitrogen and oxygen atoms in total. The van der Waals surface area contributed by atoms with Gasteiger partial charge in [0.05, 0.1) is 5.92 Å². The third-order valence-electron chi connectivity index (χ3n) is 5.75. The van der Waals surface area contributed by atoms with E-state index < -0.39 is 17.3 Å². The lowest BCUT2D eigenvalue weighted by molar-refractivity contribution is -0.149. The van der Waals surface area contributed by atoms with Crippen LogP contribution in [0.25, 0.3) is 0 Å². The van der Waals surface area contributed by atoms with E-state index in [2.05, 4.69) is 22.3 Å². The first-order chi connectivity index (χ1) is 11.1. The molecule has 1 amide bonds. The Morgan fingerprint density at radius 1 is 1.39 bits per heavy atom. The van der Waals surface area contributed by atoms with Gasteiger partial charge in [0, 0.05) is 35.9 Å². The summed E-state index contributed by atoms with van der Waals surface area (Å²) in [5.74, 6) is -0.633. The summed E-state index contributed by atoms with van der Waals surface area (Å²) < 4.78 is 0. The first-order valence-corrected chi connectivity index (χ1v) is 9.22. The Hall–Kier alpha value is -1.40. The van der Waals surface area contributed by atoms with Crippen LogP contribution in [0.15, 0.2) is 12.1 Å². The van der Waals surface area contributed by atoms with E-state index >= 15 is 0 Å². The van der Waals surface area contributed by atoms with Crippen LogP contribution >= 0.6 is 11.3 Å². The zero-order chi connectivity index (χ0) is 16.0. The van der Waals surface area contributed by atoms with Crippen molar-refractivity contribution in [3.63, 3.8) is 0 Å². The van der Waals surface area contributed by atoms with Gasteiger partial charge in [-0.15, -0.1) is 11.3 Å². The monoisotopic (exact) mass is 334 g/mol. The van der Waals surface area contributed by atoms with Crippen molar-refractivity contribution >= 4 is 23.2 Å². The number of fused-ring (bicyclic) bond motifs is 1. The molecule has 124 valence electrons. The maximum atomic E-state index is 11.9. The second-order valence-electron chi connectivity index (χ2n) is 7.19. The van der Waals surface area contributed by atoms with E-state index in [1.807, 2.05) is 11.3 Å². The molecule has 1 aromatic heterocycles. The van der Waals surface area contributed by atoms with Crippen molar-refractivity contribution in [1.29, 1.82) is 0 Å². The quantitative estimate of drug-likeness (QED) is 0.884. The summed E-state index contributed by atoms with van der Waals surface area (Å²) in [7, 11) is 0. The highest BCUT2D eigenvalue weighted by molar-refractivity contribution is 7.12. The summed E-state index contributed by atoms with van der Waals surface area (Å²) in [5.41, 5.74) is -0.928. The van der Waals surface area contributed by atoms with Crippen molar-refractivity contribution in [2.75, 3.05) is 19.6 Å². The molecule has 2 N–H and O–H groups in total. The number of rotatable bonds is 4. The Labute approximate surface area is 139 Å². The van der Waals surface area contributed by atoms with Gasteiger partial charge in [0.2, 0.25) is 5.91 Å². The lowest BCUT2D eigenvalue weighted by Gasteiger charge is -2.21. The summed E-state index contributed by atoms with van der Waals surface area (Å²) in [6, 6.07) is 4.42. The van der Waals surface area contributed by atoms with Crippen LogP contribution in [0.5, 0.6) is 0 Å². The molecule has 0 aromatic carbocycles. The molecule has 3 fully saturated rings. The average Bonchev–Trinajstić information content (AvgIpc) is 3.25. The normalized spacial score (nSPS) is 31.5. The number of nitrogens with one attached hydrogen (secondary N) is 1. The lowest BCUT2D eigenvalue weighted by atomic mass is 9.81. The fraction of sp³-hybridized carbons (Fsp3) is 0.647. The lowest BCUT2D eigenvalue weighted by Crippen LogP contribution is -2.40. The van der Waals surface area contributed by atoms with Crippen molar-refractivity contribution in [2.45, 2.75) is 38.1 Å². The van der Waals surface area contributed by atoms with Gasteiger partial charge in [0.1, 0.15) is 5.41 Å².